The van der Waals surface area contributed by atoms with Crippen molar-refractivity contribution < 1.29 is 28.8 Å². The van der Waals surface area contributed by atoms with Crippen LogP contribution in [0.1, 0.15) is 63.0 Å². The summed E-state index contributed by atoms with van der Waals surface area (Å²) < 4.78 is 15.0. The summed E-state index contributed by atoms with van der Waals surface area (Å²) in [5.41, 5.74) is 2.89. The van der Waals surface area contributed by atoms with Crippen LogP contribution in [0.15, 0.2) is 24.3 Å². The zero-order valence-corrected chi connectivity index (χ0v) is 17.6. The van der Waals surface area contributed by atoms with Crippen LogP contribution in [0.25, 0.3) is 0 Å². The summed E-state index contributed by atoms with van der Waals surface area (Å²) in [4.78, 5) is 29.1. The lowest BCUT2D eigenvalue weighted by atomic mass is 9.98. The normalized spacial score (nSPS) is 12.7. The Bertz CT molecular complexity index is 618. The van der Waals surface area contributed by atoms with E-state index in [4.69, 9.17) is 14.9 Å². The molecule has 0 unspecified atom stereocenters. The van der Waals surface area contributed by atoms with Crippen LogP contribution >= 0.6 is 7.82 Å². The topological polar surface area (TPSA) is 116 Å². The van der Waals surface area contributed by atoms with Crippen molar-refractivity contribution in [2.24, 2.45) is 0 Å². The molecular weight excluding hydrogens is 381 g/mol. The smallest absolute Gasteiger partial charge is 0.394 e. The number of aliphatic hydroxyl groups excluding tert-OH is 1. The first-order chi connectivity index (χ1) is 13.4. The number of rotatable bonds is 15. The van der Waals surface area contributed by atoms with Crippen LogP contribution in [-0.2, 0) is 26.7 Å². The molecule has 0 radical (unpaired) electrons. The van der Waals surface area contributed by atoms with E-state index < -0.39 is 27.1 Å². The molecule has 0 saturated heterocycles. The van der Waals surface area contributed by atoms with Gasteiger partial charge in [-0.1, -0.05) is 56.9 Å². The lowest BCUT2D eigenvalue weighted by Crippen LogP contribution is -2.40. The van der Waals surface area contributed by atoms with Crippen molar-refractivity contribution in [1.29, 1.82) is 0 Å². The molecule has 28 heavy (non-hydrogen) atoms. The van der Waals surface area contributed by atoms with Gasteiger partial charge in [0.25, 0.3) is 0 Å². The highest BCUT2D eigenvalue weighted by atomic mass is 31.2. The van der Waals surface area contributed by atoms with E-state index in [1.54, 1.807) is 0 Å². The van der Waals surface area contributed by atoms with Crippen LogP contribution in [0, 0.1) is 0 Å². The Morgan fingerprint density at radius 2 is 1.68 bits per heavy atom. The Morgan fingerprint density at radius 1 is 1.07 bits per heavy atom. The first kappa shape index (κ1) is 24.8. The molecule has 4 N–H and O–H groups in total. The third-order valence-electron chi connectivity index (χ3n) is 4.52. The zero-order valence-electron chi connectivity index (χ0n) is 16.7. The molecule has 1 aromatic carbocycles. The second-order valence-electron chi connectivity index (χ2n) is 7.02. The fraction of sp³-hybridized carbons (Fsp3) is 0.650. The van der Waals surface area contributed by atoms with E-state index in [-0.39, 0.29) is 5.91 Å². The van der Waals surface area contributed by atoms with E-state index in [1.807, 2.05) is 0 Å². The van der Waals surface area contributed by atoms with Gasteiger partial charge in [-0.3, -0.25) is 9.32 Å². The van der Waals surface area contributed by atoms with E-state index in [0.717, 1.165) is 51.4 Å². The summed E-state index contributed by atoms with van der Waals surface area (Å²) >= 11 is 0. The minimum absolute atomic E-state index is 0.248. The highest BCUT2D eigenvalue weighted by Gasteiger charge is 2.19. The molecule has 1 atom stereocenters. The molecule has 7 nitrogen and oxygen atoms in total. The number of carbonyl (C=O) groups is 1. The van der Waals surface area contributed by atoms with Crippen LogP contribution in [-0.4, -0.2) is 40.1 Å². The van der Waals surface area contributed by atoms with Gasteiger partial charge in [-0.2, -0.15) is 0 Å². The molecule has 0 heterocycles. The molecule has 160 valence electrons. The molecule has 0 aromatic heterocycles. The Hall–Kier alpha value is -1.24. The third-order valence-corrected chi connectivity index (χ3v) is 5.00. The van der Waals surface area contributed by atoms with Crippen LogP contribution in [0.4, 0.5) is 0 Å². The summed E-state index contributed by atoms with van der Waals surface area (Å²) in [7, 11) is -4.61. The maximum atomic E-state index is 11.8. The number of hydrogen-bond donors (Lipinski definition) is 4. The van der Waals surface area contributed by atoms with Crippen molar-refractivity contribution in [1.82, 2.24) is 5.32 Å². The SMILES string of the molecule is CCCc1ccccc1CCCCCCCC(=O)N[C@H](CO)COP(=O)(O)O. The summed E-state index contributed by atoms with van der Waals surface area (Å²) in [5, 5.41) is 11.7. The summed E-state index contributed by atoms with van der Waals surface area (Å²) in [5.74, 6) is -0.248. The second kappa shape index (κ2) is 13.9. The van der Waals surface area contributed by atoms with E-state index in [0.29, 0.717) is 6.42 Å². The van der Waals surface area contributed by atoms with Gasteiger partial charge >= 0.3 is 7.82 Å². The van der Waals surface area contributed by atoms with Crippen molar-refractivity contribution in [3.05, 3.63) is 35.4 Å². The largest absolute Gasteiger partial charge is 0.469 e. The number of phosphoric ester groups is 1. The number of aliphatic hydroxyl groups is 1. The average molecular weight is 415 g/mol. The lowest BCUT2D eigenvalue weighted by Gasteiger charge is -2.16. The quantitative estimate of drug-likeness (QED) is 0.258. The molecule has 1 amide bonds. The molecule has 0 saturated carbocycles. The zero-order chi connectivity index (χ0) is 20.8. The summed E-state index contributed by atoms with van der Waals surface area (Å²) in [6.07, 6.45) is 8.72. The summed E-state index contributed by atoms with van der Waals surface area (Å²) in [6.45, 7) is 1.33. The average Bonchev–Trinajstić information content (AvgIpc) is 2.65. The Balaban J connectivity index is 2.13. The number of unbranched alkanes of at least 4 members (excludes halogenated alkanes) is 4. The molecule has 0 aliphatic rings. The number of carbonyl (C=O) groups excluding carboxylic acids is 1. The van der Waals surface area contributed by atoms with Crippen molar-refractivity contribution in [3.8, 4) is 0 Å². The number of amides is 1. The van der Waals surface area contributed by atoms with Gasteiger partial charge in [0.05, 0.1) is 19.3 Å². The fourth-order valence-electron chi connectivity index (χ4n) is 3.07. The van der Waals surface area contributed by atoms with Crippen LogP contribution in [0.2, 0.25) is 0 Å². The molecule has 0 aliphatic heterocycles. The lowest BCUT2D eigenvalue weighted by molar-refractivity contribution is -0.122. The third kappa shape index (κ3) is 11.6. The summed E-state index contributed by atoms with van der Waals surface area (Å²) in [6, 6.07) is 7.80. The highest BCUT2D eigenvalue weighted by Crippen LogP contribution is 2.35. The maximum absolute atomic E-state index is 11.8. The first-order valence-electron chi connectivity index (χ1n) is 10.0. The van der Waals surface area contributed by atoms with E-state index in [2.05, 4.69) is 41.0 Å². The van der Waals surface area contributed by atoms with E-state index in [1.165, 1.54) is 11.1 Å². The highest BCUT2D eigenvalue weighted by molar-refractivity contribution is 7.46. The van der Waals surface area contributed by atoms with Gasteiger partial charge in [0.15, 0.2) is 0 Å². The second-order valence-corrected chi connectivity index (χ2v) is 8.26. The number of benzene rings is 1. The van der Waals surface area contributed by atoms with Crippen molar-refractivity contribution in [2.75, 3.05) is 13.2 Å². The van der Waals surface area contributed by atoms with Gasteiger partial charge in [0.1, 0.15) is 0 Å². The Kier molecular flexibility index (Phi) is 12.3. The van der Waals surface area contributed by atoms with E-state index >= 15 is 0 Å². The molecule has 1 aromatic rings. The molecule has 0 fully saturated rings. The number of hydrogen-bond acceptors (Lipinski definition) is 4. The fourth-order valence-corrected chi connectivity index (χ4v) is 3.45. The van der Waals surface area contributed by atoms with Gasteiger partial charge in [-0.15, -0.1) is 0 Å². The number of aryl methyl sites for hydroxylation is 2. The minimum atomic E-state index is -4.61. The maximum Gasteiger partial charge on any atom is 0.469 e. The number of nitrogens with one attached hydrogen (secondary N) is 1. The Morgan fingerprint density at radius 3 is 2.29 bits per heavy atom. The molecule has 0 spiro atoms. The minimum Gasteiger partial charge on any atom is -0.394 e. The van der Waals surface area contributed by atoms with Crippen LogP contribution in [0.3, 0.4) is 0 Å². The standard InChI is InChI=1S/C20H34NO6P/c1-2-10-17-12-8-9-13-18(17)11-6-4-3-5-7-14-20(23)21-19(15-22)16-27-28(24,25)26/h8-9,12-13,19,22H,2-7,10-11,14-16H2,1H3,(H,21,23)(H2,24,25,26)/t19-/m1/s1. The number of phosphoric acid groups is 1. The Labute approximate surface area is 167 Å². The van der Waals surface area contributed by atoms with Crippen molar-refractivity contribution in [2.45, 2.75) is 70.8 Å². The first-order valence-corrected chi connectivity index (χ1v) is 11.6. The van der Waals surface area contributed by atoms with Crippen molar-refractivity contribution in [3.63, 3.8) is 0 Å². The predicted molar refractivity (Wildman–Crippen MR) is 109 cm³/mol. The van der Waals surface area contributed by atoms with Crippen molar-refractivity contribution >= 4 is 13.7 Å². The van der Waals surface area contributed by atoms with E-state index in [9.17, 15) is 9.36 Å². The molecule has 8 heteroatoms. The van der Waals surface area contributed by atoms with Gasteiger partial charge in [-0.05, 0) is 36.8 Å². The van der Waals surface area contributed by atoms with Gasteiger partial charge < -0.3 is 20.2 Å². The molecule has 0 bridgehead atoms. The monoisotopic (exact) mass is 415 g/mol. The van der Waals surface area contributed by atoms with Gasteiger partial charge in [-0.25, -0.2) is 4.57 Å². The van der Waals surface area contributed by atoms with Crippen LogP contribution in [0.5, 0.6) is 0 Å². The van der Waals surface area contributed by atoms with Gasteiger partial charge in [0.2, 0.25) is 5.91 Å². The molecule has 1 rings (SSSR count). The molecular formula is C20H34NO6P. The van der Waals surface area contributed by atoms with Gasteiger partial charge in [0, 0.05) is 6.42 Å². The van der Waals surface area contributed by atoms with Crippen LogP contribution < -0.4 is 5.32 Å². The molecule has 0 aliphatic carbocycles. The predicted octanol–water partition coefficient (Wildman–Crippen LogP) is 3.11.